The topological polar surface area (TPSA) is 23.5 Å². The zero-order chi connectivity index (χ0) is 14.6. The molecule has 2 rings (SSSR count). The maximum atomic E-state index is 9.36. The summed E-state index contributed by atoms with van der Waals surface area (Å²) >= 11 is 0. The molecular formula is C18H23NO. The van der Waals surface area contributed by atoms with Gasteiger partial charge in [0.2, 0.25) is 0 Å². The molecule has 2 aromatic carbocycles. The number of hydrogen-bond donors (Lipinski definition) is 1. The molecule has 0 amide bonds. The van der Waals surface area contributed by atoms with E-state index in [1.54, 1.807) is 0 Å². The molecule has 0 spiro atoms. The van der Waals surface area contributed by atoms with Crippen LogP contribution in [0.4, 0.5) is 5.69 Å². The fourth-order valence-corrected chi connectivity index (χ4v) is 2.32. The van der Waals surface area contributed by atoms with Crippen molar-refractivity contribution in [2.24, 2.45) is 5.41 Å². The normalized spacial score (nSPS) is 11.4. The maximum absolute atomic E-state index is 9.36. The van der Waals surface area contributed by atoms with Gasteiger partial charge in [0, 0.05) is 31.3 Å². The van der Waals surface area contributed by atoms with Gasteiger partial charge < -0.3 is 10.0 Å². The van der Waals surface area contributed by atoms with E-state index in [0.717, 1.165) is 6.54 Å². The Balaban J connectivity index is 2.12. The number of hydrogen-bond acceptors (Lipinski definition) is 2. The lowest BCUT2D eigenvalue weighted by molar-refractivity contribution is 0.165. The van der Waals surface area contributed by atoms with Crippen molar-refractivity contribution in [1.29, 1.82) is 0 Å². The van der Waals surface area contributed by atoms with Gasteiger partial charge in [-0.15, -0.1) is 0 Å². The first-order chi connectivity index (χ1) is 9.52. The molecule has 0 aliphatic rings. The summed E-state index contributed by atoms with van der Waals surface area (Å²) in [4.78, 5) is 2.19. The second kappa shape index (κ2) is 6.10. The summed E-state index contributed by atoms with van der Waals surface area (Å²) in [6.45, 7) is 5.16. The average Bonchev–Trinajstić information content (AvgIpc) is 2.48. The highest BCUT2D eigenvalue weighted by Crippen LogP contribution is 2.24. The van der Waals surface area contributed by atoms with Crippen LogP contribution in [-0.4, -0.2) is 25.3 Å². The highest BCUT2D eigenvalue weighted by Gasteiger charge is 2.19. The molecule has 0 aliphatic carbocycles. The minimum atomic E-state index is -0.0904. The van der Waals surface area contributed by atoms with Crippen LogP contribution in [0.3, 0.4) is 0 Å². The van der Waals surface area contributed by atoms with E-state index in [9.17, 15) is 5.11 Å². The molecule has 0 saturated carbocycles. The number of benzene rings is 2. The standard InChI is InChI=1S/C18H23NO/c1-18(2,14-20)13-19(3)17-11-9-16(10-12-17)15-7-5-4-6-8-15/h4-12,20H,13-14H2,1-3H3. The van der Waals surface area contributed by atoms with E-state index < -0.39 is 0 Å². The SMILES string of the molecule is CN(CC(C)(C)CO)c1ccc(-c2ccccc2)cc1. The molecule has 0 heterocycles. The second-order valence-electron chi connectivity index (χ2n) is 6.09. The zero-order valence-corrected chi connectivity index (χ0v) is 12.5. The van der Waals surface area contributed by atoms with Crippen molar-refractivity contribution < 1.29 is 5.11 Å². The molecule has 1 N–H and O–H groups in total. The van der Waals surface area contributed by atoms with Crippen molar-refractivity contribution >= 4 is 5.69 Å². The van der Waals surface area contributed by atoms with E-state index in [1.165, 1.54) is 16.8 Å². The van der Waals surface area contributed by atoms with E-state index in [0.29, 0.717) is 0 Å². The molecule has 2 aromatic rings. The molecule has 0 radical (unpaired) electrons. The number of nitrogens with zero attached hydrogens (tertiary/aromatic N) is 1. The summed E-state index contributed by atoms with van der Waals surface area (Å²) in [7, 11) is 2.06. The lowest BCUT2D eigenvalue weighted by atomic mass is 9.94. The first-order valence-corrected chi connectivity index (χ1v) is 6.99. The summed E-state index contributed by atoms with van der Waals surface area (Å²) in [5, 5.41) is 9.36. The van der Waals surface area contributed by atoms with Gasteiger partial charge in [-0.2, -0.15) is 0 Å². The minimum Gasteiger partial charge on any atom is -0.396 e. The van der Waals surface area contributed by atoms with E-state index in [2.05, 4.69) is 74.3 Å². The van der Waals surface area contributed by atoms with E-state index >= 15 is 0 Å². The van der Waals surface area contributed by atoms with Crippen molar-refractivity contribution in [2.75, 3.05) is 25.1 Å². The van der Waals surface area contributed by atoms with Crippen LogP contribution >= 0.6 is 0 Å². The molecule has 106 valence electrons. The van der Waals surface area contributed by atoms with Gasteiger partial charge >= 0.3 is 0 Å². The molecule has 2 nitrogen and oxygen atoms in total. The Morgan fingerprint density at radius 2 is 1.45 bits per heavy atom. The summed E-state index contributed by atoms with van der Waals surface area (Å²) < 4.78 is 0. The van der Waals surface area contributed by atoms with Crippen LogP contribution in [-0.2, 0) is 0 Å². The van der Waals surface area contributed by atoms with Gasteiger partial charge in [-0.1, -0.05) is 56.3 Å². The van der Waals surface area contributed by atoms with Crippen LogP contribution < -0.4 is 4.90 Å². The highest BCUT2D eigenvalue weighted by atomic mass is 16.3. The largest absolute Gasteiger partial charge is 0.396 e. The molecule has 2 heteroatoms. The van der Waals surface area contributed by atoms with Crippen molar-refractivity contribution in [3.63, 3.8) is 0 Å². The van der Waals surface area contributed by atoms with E-state index in [1.807, 2.05) is 6.07 Å². The summed E-state index contributed by atoms with van der Waals surface area (Å²) in [6, 6.07) is 18.9. The first-order valence-electron chi connectivity index (χ1n) is 6.99. The van der Waals surface area contributed by atoms with Crippen LogP contribution in [0.5, 0.6) is 0 Å². The van der Waals surface area contributed by atoms with E-state index in [4.69, 9.17) is 0 Å². The number of aliphatic hydroxyl groups excluding tert-OH is 1. The molecular weight excluding hydrogens is 246 g/mol. The molecule has 0 aliphatic heterocycles. The van der Waals surface area contributed by atoms with Crippen molar-refractivity contribution in [2.45, 2.75) is 13.8 Å². The van der Waals surface area contributed by atoms with Gasteiger partial charge in [0.15, 0.2) is 0 Å². The Morgan fingerprint density at radius 1 is 0.900 bits per heavy atom. The molecule has 0 aromatic heterocycles. The predicted molar refractivity (Wildman–Crippen MR) is 86.0 cm³/mol. The van der Waals surface area contributed by atoms with Crippen molar-refractivity contribution in [3.05, 3.63) is 54.6 Å². The Morgan fingerprint density at radius 3 is 2.00 bits per heavy atom. The van der Waals surface area contributed by atoms with Crippen LogP contribution in [0.25, 0.3) is 11.1 Å². The molecule has 20 heavy (non-hydrogen) atoms. The minimum absolute atomic E-state index is 0.0904. The average molecular weight is 269 g/mol. The third-order valence-corrected chi connectivity index (χ3v) is 3.51. The Bertz CT molecular complexity index is 531. The smallest absolute Gasteiger partial charge is 0.0499 e. The van der Waals surface area contributed by atoms with Crippen LogP contribution in [0.1, 0.15) is 13.8 Å². The Labute approximate surface area is 121 Å². The predicted octanol–water partition coefficient (Wildman–Crippen LogP) is 3.81. The van der Waals surface area contributed by atoms with Crippen LogP contribution in [0.15, 0.2) is 54.6 Å². The van der Waals surface area contributed by atoms with Crippen LogP contribution in [0, 0.1) is 5.41 Å². The Kier molecular flexibility index (Phi) is 4.46. The zero-order valence-electron chi connectivity index (χ0n) is 12.5. The third-order valence-electron chi connectivity index (χ3n) is 3.51. The number of rotatable bonds is 5. The second-order valence-corrected chi connectivity index (χ2v) is 6.09. The monoisotopic (exact) mass is 269 g/mol. The van der Waals surface area contributed by atoms with Crippen LogP contribution in [0.2, 0.25) is 0 Å². The maximum Gasteiger partial charge on any atom is 0.0499 e. The van der Waals surface area contributed by atoms with Gasteiger partial charge in [0.25, 0.3) is 0 Å². The van der Waals surface area contributed by atoms with Crippen molar-refractivity contribution in [1.82, 2.24) is 0 Å². The number of anilines is 1. The van der Waals surface area contributed by atoms with Gasteiger partial charge in [-0.25, -0.2) is 0 Å². The summed E-state index contributed by atoms with van der Waals surface area (Å²) in [5.74, 6) is 0. The first kappa shape index (κ1) is 14.6. The summed E-state index contributed by atoms with van der Waals surface area (Å²) in [6.07, 6.45) is 0. The molecule has 0 fully saturated rings. The summed E-state index contributed by atoms with van der Waals surface area (Å²) in [5.41, 5.74) is 3.54. The third kappa shape index (κ3) is 3.61. The van der Waals surface area contributed by atoms with Gasteiger partial charge in [0.1, 0.15) is 0 Å². The number of aliphatic hydroxyl groups is 1. The highest BCUT2D eigenvalue weighted by molar-refractivity contribution is 5.66. The fraction of sp³-hybridized carbons (Fsp3) is 0.333. The molecule has 0 bridgehead atoms. The molecule has 0 atom stereocenters. The quantitative estimate of drug-likeness (QED) is 0.892. The van der Waals surface area contributed by atoms with Gasteiger partial charge in [-0.05, 0) is 23.3 Å². The molecule has 0 unspecified atom stereocenters. The van der Waals surface area contributed by atoms with E-state index in [-0.39, 0.29) is 12.0 Å². The Hall–Kier alpha value is -1.80. The lowest BCUT2D eigenvalue weighted by Crippen LogP contribution is -2.33. The molecule has 0 saturated heterocycles. The van der Waals surface area contributed by atoms with Gasteiger partial charge in [0.05, 0.1) is 0 Å². The van der Waals surface area contributed by atoms with Crippen molar-refractivity contribution in [3.8, 4) is 11.1 Å². The van der Waals surface area contributed by atoms with Gasteiger partial charge in [-0.3, -0.25) is 0 Å². The lowest BCUT2D eigenvalue weighted by Gasteiger charge is -2.30. The fourth-order valence-electron chi connectivity index (χ4n) is 2.32.